The number of nitrogens with zero attached hydrogens (tertiary/aromatic N) is 6. The second-order valence-electron chi connectivity index (χ2n) is 9.46. The minimum atomic E-state index is -4.98. The Morgan fingerprint density at radius 2 is 1.73 bits per heavy atom. The van der Waals surface area contributed by atoms with Gasteiger partial charge in [0, 0.05) is 22.7 Å². The van der Waals surface area contributed by atoms with Gasteiger partial charge in [0.2, 0.25) is 0 Å². The van der Waals surface area contributed by atoms with E-state index in [9.17, 15) is 36.6 Å². The molecule has 1 unspecified atom stereocenters. The van der Waals surface area contributed by atoms with Crippen molar-refractivity contribution in [3.05, 3.63) is 117 Å². The molecule has 0 saturated heterocycles. The van der Waals surface area contributed by atoms with Crippen LogP contribution in [0.1, 0.15) is 21.7 Å². The molecule has 2 heterocycles. The number of para-hydroxylation sites is 1. The van der Waals surface area contributed by atoms with Crippen molar-refractivity contribution < 1.29 is 31.9 Å². The average molecular weight is 634 g/mol. The zero-order chi connectivity index (χ0) is 31.6. The molecule has 0 spiro atoms. The summed E-state index contributed by atoms with van der Waals surface area (Å²) < 4.78 is 69.7. The van der Waals surface area contributed by atoms with Gasteiger partial charge in [0.25, 0.3) is 5.91 Å². The second-order valence-corrected chi connectivity index (χ2v) is 9.89. The molecule has 0 aliphatic rings. The van der Waals surface area contributed by atoms with Crippen LogP contribution in [0, 0.1) is 11.6 Å². The second kappa shape index (κ2) is 12.4. The van der Waals surface area contributed by atoms with E-state index in [1.807, 2.05) is 0 Å². The maximum atomic E-state index is 14.0. The van der Waals surface area contributed by atoms with E-state index in [4.69, 9.17) is 11.6 Å². The zero-order valence-electron chi connectivity index (χ0n) is 22.3. The zero-order valence-corrected chi connectivity index (χ0v) is 23.1. The Bertz CT molecular complexity index is 1870. The van der Waals surface area contributed by atoms with Crippen LogP contribution in [0.4, 0.5) is 22.0 Å². The molecule has 0 saturated carbocycles. The van der Waals surface area contributed by atoms with E-state index in [0.29, 0.717) is 9.59 Å². The van der Waals surface area contributed by atoms with Crippen molar-refractivity contribution in [3.63, 3.8) is 0 Å². The number of rotatable bonds is 9. The number of aliphatic hydroxyl groups is 1. The fourth-order valence-electron chi connectivity index (χ4n) is 4.24. The van der Waals surface area contributed by atoms with Crippen molar-refractivity contribution in [2.24, 2.45) is 0 Å². The minimum Gasteiger partial charge on any atom is -0.382 e. The summed E-state index contributed by atoms with van der Waals surface area (Å²) in [7, 11) is 0. The van der Waals surface area contributed by atoms with Gasteiger partial charge in [-0.25, -0.2) is 27.9 Å². The van der Waals surface area contributed by atoms with E-state index in [-0.39, 0.29) is 47.1 Å². The van der Waals surface area contributed by atoms with Crippen molar-refractivity contribution in [3.8, 4) is 17.1 Å². The molecule has 0 radical (unpaired) electrons. The Labute approximate surface area is 250 Å². The molecule has 0 bridgehead atoms. The number of hydrogen-bond donors (Lipinski definition) is 2. The molecule has 10 nitrogen and oxygen atoms in total. The molecule has 228 valence electrons. The summed E-state index contributed by atoms with van der Waals surface area (Å²) >= 11 is 5.91. The van der Waals surface area contributed by atoms with Gasteiger partial charge in [-0.1, -0.05) is 35.9 Å². The van der Waals surface area contributed by atoms with Gasteiger partial charge in [-0.3, -0.25) is 9.36 Å². The van der Waals surface area contributed by atoms with Crippen molar-refractivity contribution in [1.29, 1.82) is 0 Å². The van der Waals surface area contributed by atoms with Crippen molar-refractivity contribution in [1.82, 2.24) is 34.4 Å². The molecule has 16 heteroatoms. The van der Waals surface area contributed by atoms with Crippen LogP contribution < -0.4 is 11.0 Å². The van der Waals surface area contributed by atoms with Crippen LogP contribution in [0.15, 0.2) is 77.9 Å². The SMILES string of the molecule is O=C(NCc1cccc(F)c1F)c1ccccc1-n1cnc(Cn2nc(-c3ccc(Cl)cc3)n(CC(O)C(F)(F)F)c2=O)n1. The van der Waals surface area contributed by atoms with Crippen molar-refractivity contribution in [2.75, 3.05) is 0 Å². The van der Waals surface area contributed by atoms with Gasteiger partial charge in [-0.05, 0) is 42.5 Å². The number of hydrogen-bond acceptors (Lipinski definition) is 6. The lowest BCUT2D eigenvalue weighted by Crippen LogP contribution is -2.37. The largest absolute Gasteiger partial charge is 0.416 e. The van der Waals surface area contributed by atoms with Crippen LogP contribution in [-0.2, 0) is 19.6 Å². The number of aliphatic hydroxyl groups excluding tert-OH is 1. The third-order valence-electron chi connectivity index (χ3n) is 6.46. The minimum absolute atomic E-state index is 0.0211. The molecule has 2 aromatic heterocycles. The first-order chi connectivity index (χ1) is 20.9. The number of benzene rings is 3. The molecule has 1 amide bonds. The third kappa shape index (κ3) is 6.53. The van der Waals surface area contributed by atoms with Gasteiger partial charge in [-0.2, -0.15) is 13.2 Å². The summed E-state index contributed by atoms with van der Waals surface area (Å²) in [4.78, 5) is 30.2. The number of amides is 1. The van der Waals surface area contributed by atoms with E-state index < -0.39 is 42.1 Å². The fraction of sp³-hybridized carbons (Fsp3) is 0.179. The molecule has 0 aliphatic heterocycles. The van der Waals surface area contributed by atoms with Gasteiger partial charge >= 0.3 is 11.9 Å². The van der Waals surface area contributed by atoms with E-state index >= 15 is 0 Å². The summed E-state index contributed by atoms with van der Waals surface area (Å²) in [5.41, 5.74) is -0.357. The van der Waals surface area contributed by atoms with Gasteiger partial charge < -0.3 is 10.4 Å². The van der Waals surface area contributed by atoms with Crippen LogP contribution >= 0.6 is 11.6 Å². The smallest absolute Gasteiger partial charge is 0.382 e. The third-order valence-corrected chi connectivity index (χ3v) is 6.71. The van der Waals surface area contributed by atoms with Crippen molar-refractivity contribution in [2.45, 2.75) is 31.9 Å². The molecule has 0 aliphatic carbocycles. The maximum Gasteiger partial charge on any atom is 0.416 e. The first-order valence-corrected chi connectivity index (χ1v) is 13.2. The highest BCUT2D eigenvalue weighted by Crippen LogP contribution is 2.24. The Morgan fingerprint density at radius 3 is 2.45 bits per heavy atom. The van der Waals surface area contributed by atoms with Crippen LogP contribution in [0.25, 0.3) is 17.1 Å². The van der Waals surface area contributed by atoms with E-state index in [0.717, 1.165) is 10.7 Å². The normalized spacial score (nSPS) is 12.3. The highest BCUT2D eigenvalue weighted by molar-refractivity contribution is 6.30. The van der Waals surface area contributed by atoms with E-state index in [1.165, 1.54) is 53.5 Å². The Kier molecular flexibility index (Phi) is 8.60. The molecule has 5 aromatic rings. The Balaban J connectivity index is 1.41. The van der Waals surface area contributed by atoms with Gasteiger partial charge in [-0.15, -0.1) is 10.2 Å². The van der Waals surface area contributed by atoms with Gasteiger partial charge in [0.15, 0.2) is 29.4 Å². The van der Waals surface area contributed by atoms with Crippen molar-refractivity contribution >= 4 is 17.5 Å². The molecular formula is C28H21ClF5N7O3. The molecule has 3 aromatic carbocycles. The molecule has 5 rings (SSSR count). The van der Waals surface area contributed by atoms with E-state index in [1.54, 1.807) is 18.2 Å². The summed E-state index contributed by atoms with van der Waals surface area (Å²) in [5, 5.41) is 21.0. The van der Waals surface area contributed by atoms with Crippen LogP contribution in [0.3, 0.4) is 0 Å². The molecule has 1 atom stereocenters. The number of alkyl halides is 3. The lowest BCUT2D eigenvalue weighted by molar-refractivity contribution is -0.207. The summed E-state index contributed by atoms with van der Waals surface area (Å²) in [6.45, 7) is -1.76. The average Bonchev–Trinajstić information content (AvgIpc) is 3.58. The first-order valence-electron chi connectivity index (χ1n) is 12.8. The molecular weight excluding hydrogens is 613 g/mol. The lowest BCUT2D eigenvalue weighted by Gasteiger charge is -2.15. The fourth-order valence-corrected chi connectivity index (χ4v) is 4.36. The topological polar surface area (TPSA) is 120 Å². The highest BCUT2D eigenvalue weighted by atomic mass is 35.5. The molecule has 0 fully saturated rings. The number of aromatic nitrogens is 6. The quantitative estimate of drug-likeness (QED) is 0.236. The number of nitrogens with one attached hydrogen (secondary N) is 1. The van der Waals surface area contributed by atoms with Gasteiger partial charge in [0.05, 0.1) is 17.8 Å². The lowest BCUT2D eigenvalue weighted by atomic mass is 10.1. The molecule has 44 heavy (non-hydrogen) atoms. The van der Waals surface area contributed by atoms with Crippen LogP contribution in [0.2, 0.25) is 5.02 Å². The van der Waals surface area contributed by atoms with Crippen LogP contribution in [-0.4, -0.2) is 52.4 Å². The highest BCUT2D eigenvalue weighted by Gasteiger charge is 2.39. The standard InChI is InChI=1S/C28H21ClF5N7O3/c29-18-10-8-16(9-11-18)25-38-40(27(44)39(25)13-22(42)28(32,33)34)14-23-36-15-41(37-23)21-7-2-1-5-19(21)26(43)35-12-17-4-3-6-20(30)24(17)31/h1-11,15,22,42H,12-14H2,(H,35,43). The van der Waals surface area contributed by atoms with Gasteiger partial charge in [0.1, 0.15) is 12.9 Å². The predicted octanol–water partition coefficient (Wildman–Crippen LogP) is 4.13. The summed E-state index contributed by atoms with van der Waals surface area (Å²) in [6, 6.07) is 15.7. The number of halogens is 6. The molecule has 2 N–H and O–H groups in total. The Morgan fingerprint density at radius 1 is 1.00 bits per heavy atom. The monoisotopic (exact) mass is 633 g/mol. The summed E-state index contributed by atoms with van der Waals surface area (Å²) in [5.74, 6) is -2.87. The van der Waals surface area contributed by atoms with E-state index in [2.05, 4.69) is 20.5 Å². The van der Waals surface area contributed by atoms with Crippen LogP contribution in [0.5, 0.6) is 0 Å². The number of carbonyl (C=O) groups excluding carboxylic acids is 1. The maximum absolute atomic E-state index is 14.0. The summed E-state index contributed by atoms with van der Waals surface area (Å²) in [6.07, 6.45) is -6.56. The number of carbonyl (C=O) groups is 1. The first kappa shape index (κ1) is 30.6. The Hall–Kier alpha value is -4.89. The predicted molar refractivity (Wildman–Crippen MR) is 147 cm³/mol.